The summed E-state index contributed by atoms with van der Waals surface area (Å²) in [4.78, 5) is 12.9. The fourth-order valence-corrected chi connectivity index (χ4v) is 8.15. The lowest BCUT2D eigenvalue weighted by Gasteiger charge is -2.41. The number of aliphatic hydroxyl groups excluding tert-OH is 3. The van der Waals surface area contributed by atoms with Crippen LogP contribution in [-0.4, -0.2) is 97.5 Å². The number of allylic oxidation sites excluding steroid dienone is 6. The molecule has 4 N–H and O–H groups in total. The number of carbonyl (C=O) groups is 1. The van der Waals surface area contributed by atoms with Crippen molar-refractivity contribution in [1.29, 1.82) is 0 Å². The van der Waals surface area contributed by atoms with Crippen LogP contribution in [0, 0.1) is 0 Å². The maximum atomic E-state index is 12.9. The minimum absolute atomic E-state index is 0.0313. The van der Waals surface area contributed by atoms with E-state index in [1.54, 1.807) is 0 Å². The third-order valence-electron chi connectivity index (χ3n) is 11.5. The monoisotopic (exact) mass is 917 g/mol. The van der Waals surface area contributed by atoms with Gasteiger partial charge in [-0.3, -0.25) is 9.35 Å². The zero-order chi connectivity index (χ0) is 46.1. The first-order valence-electron chi connectivity index (χ1n) is 25.2. The second-order valence-corrected chi connectivity index (χ2v) is 18.4. The van der Waals surface area contributed by atoms with Crippen LogP contribution in [0.3, 0.4) is 0 Å². The third kappa shape index (κ3) is 35.2. The summed E-state index contributed by atoms with van der Waals surface area (Å²) in [5, 5.41) is 30.7. The molecule has 1 aliphatic rings. The highest BCUT2D eigenvalue weighted by Gasteiger charge is 2.48. The topological polar surface area (TPSA) is 178 Å². The maximum Gasteiger partial charge on any atom is 0.397 e. The van der Waals surface area contributed by atoms with Gasteiger partial charge < -0.3 is 34.3 Å². The van der Waals surface area contributed by atoms with Crippen molar-refractivity contribution in [3.8, 4) is 0 Å². The van der Waals surface area contributed by atoms with Crippen LogP contribution in [0.1, 0.15) is 213 Å². The van der Waals surface area contributed by atoms with Gasteiger partial charge in [-0.25, -0.2) is 4.18 Å². The predicted molar refractivity (Wildman–Crippen MR) is 253 cm³/mol. The van der Waals surface area contributed by atoms with E-state index in [1.165, 1.54) is 128 Å². The molecule has 1 rings (SSSR count). The molecule has 0 bridgehead atoms. The van der Waals surface area contributed by atoms with Crippen molar-refractivity contribution >= 4 is 16.4 Å². The highest BCUT2D eigenvalue weighted by Crippen LogP contribution is 2.26. The summed E-state index contributed by atoms with van der Waals surface area (Å²) in [6, 6.07) is 0. The summed E-state index contributed by atoms with van der Waals surface area (Å²) in [7, 11) is -5.06. The summed E-state index contributed by atoms with van der Waals surface area (Å²) in [5.41, 5.74) is 0. The van der Waals surface area contributed by atoms with E-state index < -0.39 is 59.8 Å². The Kier molecular flexibility index (Phi) is 39.3. The Bertz CT molecular complexity index is 1240. The van der Waals surface area contributed by atoms with E-state index in [0.717, 1.165) is 57.8 Å². The SMILES string of the molecule is CCCCCC/C=C\C/C=C\CCCCCCCCCCOCC(COC1OC(CO)C(O)C(OS(=O)(=O)O)C1O)OC(=O)CCCCCCCCC/C=C\CCCCCCCC. The van der Waals surface area contributed by atoms with Gasteiger partial charge >= 0.3 is 16.4 Å². The van der Waals surface area contributed by atoms with Crippen molar-refractivity contribution in [3.63, 3.8) is 0 Å². The highest BCUT2D eigenvalue weighted by atomic mass is 32.3. The number of hydrogen-bond donors (Lipinski definition) is 4. The molecular formula is C50H92O12S. The number of aliphatic hydroxyl groups is 3. The van der Waals surface area contributed by atoms with Gasteiger partial charge in [0, 0.05) is 13.0 Å². The van der Waals surface area contributed by atoms with Gasteiger partial charge in [0.25, 0.3) is 0 Å². The van der Waals surface area contributed by atoms with Gasteiger partial charge in [-0.2, -0.15) is 8.42 Å². The predicted octanol–water partition coefficient (Wildman–Crippen LogP) is 11.4. The average molecular weight is 917 g/mol. The minimum atomic E-state index is -5.06. The van der Waals surface area contributed by atoms with Crippen LogP contribution in [-0.2, 0) is 38.3 Å². The fourth-order valence-electron chi connectivity index (χ4n) is 7.64. The number of rotatable bonds is 44. The summed E-state index contributed by atoms with van der Waals surface area (Å²) < 4.78 is 59.2. The lowest BCUT2D eigenvalue weighted by Crippen LogP contribution is -2.60. The minimum Gasteiger partial charge on any atom is -0.457 e. The number of ether oxygens (including phenoxy) is 4. The molecule has 13 heteroatoms. The Labute approximate surface area is 383 Å². The number of unbranched alkanes of at least 4 members (excludes halogenated alkanes) is 25. The molecule has 0 radical (unpaired) electrons. The Morgan fingerprint density at radius 1 is 0.603 bits per heavy atom. The molecule has 0 aliphatic carbocycles. The van der Waals surface area contributed by atoms with E-state index in [1.807, 2.05) is 0 Å². The normalized spacial score (nSPS) is 20.1. The van der Waals surface area contributed by atoms with Crippen molar-refractivity contribution < 1.29 is 56.2 Å². The van der Waals surface area contributed by atoms with E-state index in [9.17, 15) is 33.1 Å². The maximum absolute atomic E-state index is 12.9. The molecule has 0 spiro atoms. The van der Waals surface area contributed by atoms with Crippen molar-refractivity contribution in [1.82, 2.24) is 0 Å². The second kappa shape index (κ2) is 41.7. The standard InChI is InChI=1S/C50H92O12S/c1-3-5-7-9-11-13-15-17-19-21-22-24-26-28-30-32-34-36-38-40-58-42-44(43-59-50-48(54)49(62-63(55,56)57)47(53)45(41-51)61-50)60-46(52)39-37-35-33-31-29-27-25-23-20-18-16-14-12-10-8-6-4-2/h13,15,18-21,44-45,47-51,53-54H,3-12,14,16-17,22-43H2,1-2H3,(H,55,56,57)/b15-13-,20-18-,21-19-. The van der Waals surface area contributed by atoms with Gasteiger partial charge in [-0.1, -0.05) is 172 Å². The quantitative estimate of drug-likeness (QED) is 0.0197. The van der Waals surface area contributed by atoms with Crippen LogP contribution in [0.5, 0.6) is 0 Å². The van der Waals surface area contributed by atoms with E-state index >= 15 is 0 Å². The van der Waals surface area contributed by atoms with Gasteiger partial charge in [-0.05, 0) is 70.6 Å². The highest BCUT2D eigenvalue weighted by molar-refractivity contribution is 7.80. The summed E-state index contributed by atoms with van der Waals surface area (Å²) in [5.74, 6) is -0.405. The molecule has 63 heavy (non-hydrogen) atoms. The molecule has 0 amide bonds. The van der Waals surface area contributed by atoms with Gasteiger partial charge in [0.2, 0.25) is 0 Å². The summed E-state index contributed by atoms with van der Waals surface area (Å²) >= 11 is 0. The van der Waals surface area contributed by atoms with Gasteiger partial charge in [0.15, 0.2) is 6.29 Å². The fraction of sp³-hybridized carbons (Fsp3) is 0.860. The molecular weight excluding hydrogens is 825 g/mol. The Morgan fingerprint density at radius 2 is 1.05 bits per heavy atom. The number of carbonyl (C=O) groups excluding carboxylic acids is 1. The molecule has 0 aromatic carbocycles. The first kappa shape index (κ1) is 59.3. The lowest BCUT2D eigenvalue weighted by atomic mass is 9.99. The lowest BCUT2D eigenvalue weighted by molar-refractivity contribution is -0.301. The van der Waals surface area contributed by atoms with E-state index in [4.69, 9.17) is 18.9 Å². The number of hydrogen-bond acceptors (Lipinski definition) is 11. The molecule has 1 aliphatic heterocycles. The van der Waals surface area contributed by atoms with Gasteiger partial charge in [0.05, 0.1) is 19.8 Å². The van der Waals surface area contributed by atoms with Crippen molar-refractivity contribution in [2.45, 2.75) is 250 Å². The Morgan fingerprint density at radius 3 is 1.54 bits per heavy atom. The molecule has 6 unspecified atom stereocenters. The zero-order valence-corrected chi connectivity index (χ0v) is 40.5. The van der Waals surface area contributed by atoms with Crippen LogP contribution in [0.2, 0.25) is 0 Å². The van der Waals surface area contributed by atoms with Gasteiger partial charge in [0.1, 0.15) is 30.5 Å². The second-order valence-electron chi connectivity index (χ2n) is 17.4. The molecule has 0 aromatic heterocycles. The average Bonchev–Trinajstić information content (AvgIpc) is 3.26. The summed E-state index contributed by atoms with van der Waals surface area (Å²) in [6.07, 6.45) is 40.3. The van der Waals surface area contributed by atoms with E-state index in [0.29, 0.717) is 13.0 Å². The van der Waals surface area contributed by atoms with Crippen LogP contribution in [0.4, 0.5) is 0 Å². The molecule has 1 heterocycles. The van der Waals surface area contributed by atoms with Crippen molar-refractivity contribution in [3.05, 3.63) is 36.5 Å². The summed E-state index contributed by atoms with van der Waals surface area (Å²) in [6.45, 7) is 3.97. The van der Waals surface area contributed by atoms with E-state index in [-0.39, 0.29) is 19.6 Å². The zero-order valence-electron chi connectivity index (χ0n) is 39.6. The number of esters is 1. The molecule has 6 atom stereocenters. The largest absolute Gasteiger partial charge is 0.457 e. The third-order valence-corrected chi connectivity index (χ3v) is 12.0. The van der Waals surface area contributed by atoms with Crippen LogP contribution < -0.4 is 0 Å². The molecule has 0 saturated carbocycles. The van der Waals surface area contributed by atoms with Crippen LogP contribution >= 0.6 is 0 Å². The Hall–Kier alpha value is -1.68. The molecule has 1 saturated heterocycles. The smallest absolute Gasteiger partial charge is 0.397 e. The van der Waals surface area contributed by atoms with E-state index in [2.05, 4.69) is 54.5 Å². The van der Waals surface area contributed by atoms with Crippen molar-refractivity contribution in [2.75, 3.05) is 26.4 Å². The molecule has 12 nitrogen and oxygen atoms in total. The molecule has 370 valence electrons. The van der Waals surface area contributed by atoms with Crippen LogP contribution in [0.25, 0.3) is 0 Å². The first-order valence-corrected chi connectivity index (χ1v) is 26.6. The molecule has 1 fully saturated rings. The van der Waals surface area contributed by atoms with Crippen molar-refractivity contribution in [2.24, 2.45) is 0 Å². The van der Waals surface area contributed by atoms with Gasteiger partial charge in [-0.15, -0.1) is 0 Å². The van der Waals surface area contributed by atoms with Crippen LogP contribution in [0.15, 0.2) is 36.5 Å². The Balaban J connectivity index is 2.38. The first-order chi connectivity index (χ1) is 30.6. The molecule has 0 aromatic rings.